The molecule has 1 heterocycles. The fraction of sp³-hybridized carbons (Fsp3) is 0.625. The Kier molecular flexibility index (Phi) is 5.88. The summed E-state index contributed by atoms with van der Waals surface area (Å²) < 4.78 is 5.20. The molecule has 21 heavy (non-hydrogen) atoms. The van der Waals surface area contributed by atoms with Crippen LogP contribution in [-0.2, 0) is 0 Å². The van der Waals surface area contributed by atoms with Gasteiger partial charge in [-0.15, -0.1) is 0 Å². The molecule has 2 atom stereocenters. The molecule has 0 radical (unpaired) electrons. The van der Waals surface area contributed by atoms with Crippen LogP contribution in [-0.4, -0.2) is 60.8 Å². The van der Waals surface area contributed by atoms with E-state index < -0.39 is 0 Å². The monoisotopic (exact) mass is 312 g/mol. The van der Waals surface area contributed by atoms with E-state index in [1.54, 1.807) is 7.11 Å². The first-order valence-corrected chi connectivity index (χ1v) is 7.87. The van der Waals surface area contributed by atoms with E-state index in [9.17, 15) is 5.11 Å². The van der Waals surface area contributed by atoms with Gasteiger partial charge in [0.15, 0.2) is 0 Å². The molecule has 2 unspecified atom stereocenters. The largest absolute Gasteiger partial charge is 0.495 e. The fourth-order valence-corrected chi connectivity index (χ4v) is 3.13. The highest BCUT2D eigenvalue weighted by atomic mass is 35.5. The van der Waals surface area contributed by atoms with Crippen molar-refractivity contribution >= 4 is 11.6 Å². The van der Waals surface area contributed by atoms with Crippen LogP contribution in [0, 0.1) is 0 Å². The van der Waals surface area contributed by atoms with Gasteiger partial charge in [-0.25, -0.2) is 0 Å². The number of aliphatic hydroxyl groups is 1. The number of rotatable bonds is 5. The van der Waals surface area contributed by atoms with Gasteiger partial charge in [-0.05, 0) is 31.5 Å². The molecular weight excluding hydrogens is 288 g/mol. The maximum atomic E-state index is 9.46. The summed E-state index contributed by atoms with van der Waals surface area (Å²) in [4.78, 5) is 4.77. The zero-order valence-corrected chi connectivity index (χ0v) is 13.8. The van der Waals surface area contributed by atoms with Crippen molar-refractivity contribution in [2.75, 3.05) is 39.8 Å². The van der Waals surface area contributed by atoms with Crippen molar-refractivity contribution in [2.24, 2.45) is 0 Å². The van der Waals surface area contributed by atoms with Gasteiger partial charge < -0.3 is 9.84 Å². The van der Waals surface area contributed by atoms with Crippen molar-refractivity contribution in [1.29, 1.82) is 0 Å². The molecule has 4 nitrogen and oxygen atoms in total. The van der Waals surface area contributed by atoms with Gasteiger partial charge >= 0.3 is 0 Å². The Labute approximate surface area is 132 Å². The Morgan fingerprint density at radius 3 is 2.43 bits per heavy atom. The standard InChI is InChI=1S/C16H25ClN2O2/c1-12(20)11-18-6-8-19(9-7-18)13(2)14-4-5-16(21-3)15(17)10-14/h4-5,10,12-13,20H,6-9,11H2,1-3H3. The molecule has 1 aromatic carbocycles. The molecule has 0 aliphatic carbocycles. The van der Waals surface area contributed by atoms with Crippen LogP contribution < -0.4 is 4.74 Å². The van der Waals surface area contributed by atoms with Crippen LogP contribution >= 0.6 is 11.6 Å². The van der Waals surface area contributed by atoms with E-state index in [-0.39, 0.29) is 6.10 Å². The highest BCUT2D eigenvalue weighted by Crippen LogP contribution is 2.30. The number of aliphatic hydroxyl groups excluding tert-OH is 1. The average molecular weight is 313 g/mol. The third kappa shape index (κ3) is 4.33. The van der Waals surface area contributed by atoms with Crippen LogP contribution in [0.2, 0.25) is 5.02 Å². The second-order valence-electron chi connectivity index (χ2n) is 5.76. The topological polar surface area (TPSA) is 35.9 Å². The average Bonchev–Trinajstić information content (AvgIpc) is 2.46. The molecule has 5 heteroatoms. The third-order valence-corrected chi connectivity index (χ3v) is 4.43. The molecule has 1 aromatic rings. The Bertz CT molecular complexity index is 460. The maximum absolute atomic E-state index is 9.46. The molecule has 1 aliphatic heterocycles. The van der Waals surface area contributed by atoms with Crippen molar-refractivity contribution in [1.82, 2.24) is 9.80 Å². The molecule has 118 valence electrons. The zero-order valence-electron chi connectivity index (χ0n) is 13.1. The first kappa shape index (κ1) is 16.6. The lowest BCUT2D eigenvalue weighted by Gasteiger charge is -2.38. The molecule has 0 saturated carbocycles. The number of benzene rings is 1. The fourth-order valence-electron chi connectivity index (χ4n) is 2.86. The molecule has 0 amide bonds. The summed E-state index contributed by atoms with van der Waals surface area (Å²) in [5, 5.41) is 10.1. The molecule has 0 spiro atoms. The van der Waals surface area contributed by atoms with Gasteiger partial charge in [-0.3, -0.25) is 9.80 Å². The Balaban J connectivity index is 1.95. The summed E-state index contributed by atoms with van der Waals surface area (Å²) in [5.41, 5.74) is 1.21. The quantitative estimate of drug-likeness (QED) is 0.906. The Hall–Kier alpha value is -0.810. The summed E-state index contributed by atoms with van der Waals surface area (Å²) in [6, 6.07) is 6.34. The van der Waals surface area contributed by atoms with E-state index in [1.165, 1.54) is 5.56 Å². The third-order valence-electron chi connectivity index (χ3n) is 4.14. The second-order valence-corrected chi connectivity index (χ2v) is 6.16. The summed E-state index contributed by atoms with van der Waals surface area (Å²) in [7, 11) is 1.63. The molecule has 1 aliphatic rings. The van der Waals surface area contributed by atoms with Crippen LogP contribution in [0.25, 0.3) is 0 Å². The molecule has 2 rings (SSSR count). The van der Waals surface area contributed by atoms with E-state index in [0.29, 0.717) is 11.1 Å². The number of ether oxygens (including phenoxy) is 1. The lowest BCUT2D eigenvalue weighted by Crippen LogP contribution is -2.48. The summed E-state index contributed by atoms with van der Waals surface area (Å²) in [6.07, 6.45) is -0.255. The minimum Gasteiger partial charge on any atom is -0.495 e. The molecule has 0 aromatic heterocycles. The number of hydrogen-bond acceptors (Lipinski definition) is 4. The number of methoxy groups -OCH3 is 1. The van der Waals surface area contributed by atoms with Gasteiger partial charge in [-0.2, -0.15) is 0 Å². The summed E-state index contributed by atoms with van der Waals surface area (Å²) >= 11 is 6.21. The Morgan fingerprint density at radius 2 is 1.90 bits per heavy atom. The van der Waals surface area contributed by atoms with Crippen molar-refractivity contribution in [3.05, 3.63) is 28.8 Å². The Morgan fingerprint density at radius 1 is 1.24 bits per heavy atom. The summed E-state index contributed by atoms with van der Waals surface area (Å²) in [5.74, 6) is 0.717. The van der Waals surface area contributed by atoms with E-state index in [1.807, 2.05) is 19.1 Å². The normalized spacial score (nSPS) is 20.2. The van der Waals surface area contributed by atoms with Crippen LogP contribution in [0.3, 0.4) is 0 Å². The highest BCUT2D eigenvalue weighted by Gasteiger charge is 2.23. The maximum Gasteiger partial charge on any atom is 0.137 e. The second kappa shape index (κ2) is 7.45. The smallest absolute Gasteiger partial charge is 0.137 e. The number of hydrogen-bond donors (Lipinski definition) is 1. The van der Waals surface area contributed by atoms with Gasteiger partial charge in [0.05, 0.1) is 18.2 Å². The first-order valence-electron chi connectivity index (χ1n) is 7.49. The van der Waals surface area contributed by atoms with Crippen LogP contribution in [0.1, 0.15) is 25.5 Å². The predicted octanol–water partition coefficient (Wildman–Crippen LogP) is 2.41. The highest BCUT2D eigenvalue weighted by molar-refractivity contribution is 6.32. The zero-order chi connectivity index (χ0) is 15.4. The number of nitrogens with zero attached hydrogens (tertiary/aromatic N) is 2. The van der Waals surface area contributed by atoms with Gasteiger partial charge in [0.25, 0.3) is 0 Å². The van der Waals surface area contributed by atoms with Crippen molar-refractivity contribution in [2.45, 2.75) is 26.0 Å². The van der Waals surface area contributed by atoms with Crippen LogP contribution in [0.15, 0.2) is 18.2 Å². The number of β-amino-alcohol motifs (C(OH)–C–C–N with tert-alkyl or cyclic N) is 1. The molecule has 1 fully saturated rings. The molecule has 0 bridgehead atoms. The first-order chi connectivity index (χ1) is 10.0. The minimum atomic E-state index is -0.255. The lowest BCUT2D eigenvalue weighted by atomic mass is 10.1. The van der Waals surface area contributed by atoms with E-state index in [0.717, 1.165) is 38.5 Å². The number of halogens is 1. The number of piperazine rings is 1. The van der Waals surface area contributed by atoms with Crippen molar-refractivity contribution < 1.29 is 9.84 Å². The SMILES string of the molecule is COc1ccc(C(C)N2CCN(CC(C)O)CC2)cc1Cl. The van der Waals surface area contributed by atoms with E-state index >= 15 is 0 Å². The van der Waals surface area contributed by atoms with Crippen molar-refractivity contribution in [3.63, 3.8) is 0 Å². The van der Waals surface area contributed by atoms with Gasteiger partial charge in [0.2, 0.25) is 0 Å². The van der Waals surface area contributed by atoms with Gasteiger partial charge in [0, 0.05) is 38.8 Å². The minimum absolute atomic E-state index is 0.255. The lowest BCUT2D eigenvalue weighted by molar-refractivity contribution is 0.0655. The van der Waals surface area contributed by atoms with Crippen LogP contribution in [0.5, 0.6) is 5.75 Å². The predicted molar refractivity (Wildman–Crippen MR) is 86.1 cm³/mol. The van der Waals surface area contributed by atoms with Gasteiger partial charge in [0.1, 0.15) is 5.75 Å². The summed E-state index contributed by atoms with van der Waals surface area (Å²) in [6.45, 7) is 8.83. The van der Waals surface area contributed by atoms with Gasteiger partial charge in [-0.1, -0.05) is 17.7 Å². The molecule has 1 saturated heterocycles. The molecular formula is C16H25ClN2O2. The van der Waals surface area contributed by atoms with E-state index in [2.05, 4.69) is 22.8 Å². The molecule has 1 N–H and O–H groups in total. The van der Waals surface area contributed by atoms with E-state index in [4.69, 9.17) is 16.3 Å². The van der Waals surface area contributed by atoms with Crippen molar-refractivity contribution in [3.8, 4) is 5.75 Å². The van der Waals surface area contributed by atoms with Crippen LogP contribution in [0.4, 0.5) is 0 Å².